The number of amides is 4. The van der Waals surface area contributed by atoms with Crippen LogP contribution in [0.1, 0.15) is 323 Å². The summed E-state index contributed by atoms with van der Waals surface area (Å²) in [6.07, 6.45) is 50.4. The third-order valence-corrected chi connectivity index (χ3v) is 18.2. The molecule has 0 rings (SSSR count). The summed E-state index contributed by atoms with van der Waals surface area (Å²) in [5, 5.41) is 32.2. The molecule has 0 saturated carbocycles. The van der Waals surface area contributed by atoms with Crippen molar-refractivity contribution in [2.24, 2.45) is 0 Å². The van der Waals surface area contributed by atoms with Gasteiger partial charge in [-0.2, -0.15) is 0 Å². The average Bonchev–Trinajstić information content (AvgIpc) is 3.05. The first-order valence-electron chi connectivity index (χ1n) is 39.5. The van der Waals surface area contributed by atoms with Crippen LogP contribution in [0.5, 0.6) is 0 Å². The number of hydrogen-bond acceptors (Lipinski definition) is 14. The number of ether oxygens (including phenoxy) is 2. The molecule has 94 heavy (non-hydrogen) atoms. The van der Waals surface area contributed by atoms with Crippen LogP contribution >= 0.6 is 0 Å². The van der Waals surface area contributed by atoms with Gasteiger partial charge in [0.15, 0.2) is 0 Å². The molecular formula is C76H150N8O10. The van der Waals surface area contributed by atoms with E-state index >= 15 is 0 Å². The van der Waals surface area contributed by atoms with Crippen molar-refractivity contribution >= 4 is 35.6 Å². The van der Waals surface area contributed by atoms with E-state index in [2.05, 4.69) is 53.9 Å². The minimum Gasteiger partial charge on any atom is -0.466 e. The van der Waals surface area contributed by atoms with Crippen LogP contribution in [0.25, 0.3) is 0 Å². The summed E-state index contributed by atoms with van der Waals surface area (Å²) in [5.74, 6) is -0.799. The molecule has 0 fully saturated rings. The zero-order valence-electron chi connectivity index (χ0n) is 61.6. The SMILES string of the molecule is CCCCCCCCCCCCNC(=O)CCN(CCNC(=O)CCN(CCO)CCN(CCO)CCC(=O)NCCN(CCC(=O)OCCCCCCCCCCCC)CCC(=O)OCCCCCCCCCCCC)CCC(=O)NCCCCCCCCCCCC. The van der Waals surface area contributed by atoms with Gasteiger partial charge < -0.3 is 50.8 Å². The Morgan fingerprint density at radius 3 is 0.713 bits per heavy atom. The molecule has 6 N–H and O–H groups in total. The van der Waals surface area contributed by atoms with E-state index in [0.29, 0.717) is 131 Å². The first-order chi connectivity index (χ1) is 46.0. The highest BCUT2D eigenvalue weighted by Gasteiger charge is 2.17. The van der Waals surface area contributed by atoms with Crippen LogP contribution in [0, 0.1) is 0 Å². The van der Waals surface area contributed by atoms with Crippen molar-refractivity contribution in [3.63, 3.8) is 0 Å². The molecule has 554 valence electrons. The first-order valence-corrected chi connectivity index (χ1v) is 39.5. The van der Waals surface area contributed by atoms with Gasteiger partial charge in [-0.3, -0.25) is 38.6 Å². The van der Waals surface area contributed by atoms with Crippen molar-refractivity contribution in [1.29, 1.82) is 0 Å². The molecule has 0 aromatic rings. The fraction of sp³-hybridized carbons (Fsp3) is 0.921. The van der Waals surface area contributed by atoms with Gasteiger partial charge >= 0.3 is 11.9 Å². The molecule has 4 amide bonds. The molecule has 0 atom stereocenters. The second-order valence-electron chi connectivity index (χ2n) is 26.9. The monoisotopic (exact) mass is 1340 g/mol. The summed E-state index contributed by atoms with van der Waals surface area (Å²) in [6.45, 7) is 16.9. The van der Waals surface area contributed by atoms with E-state index in [1.165, 1.54) is 193 Å². The van der Waals surface area contributed by atoms with Gasteiger partial charge in [0, 0.05) is 130 Å². The number of aliphatic hydroxyl groups excluding tert-OH is 2. The lowest BCUT2D eigenvalue weighted by Crippen LogP contribution is -2.42. The maximum absolute atomic E-state index is 13.2. The van der Waals surface area contributed by atoms with Crippen molar-refractivity contribution in [3.05, 3.63) is 0 Å². The minimum atomic E-state index is -0.261. The predicted molar refractivity (Wildman–Crippen MR) is 389 cm³/mol. The van der Waals surface area contributed by atoms with E-state index in [1.807, 2.05) is 14.7 Å². The number of hydrogen-bond donors (Lipinski definition) is 6. The molecule has 18 nitrogen and oxygen atoms in total. The van der Waals surface area contributed by atoms with Crippen LogP contribution in [0.2, 0.25) is 0 Å². The van der Waals surface area contributed by atoms with E-state index in [4.69, 9.17) is 9.47 Å². The molecule has 0 heterocycles. The van der Waals surface area contributed by atoms with Gasteiger partial charge in [-0.05, 0) is 25.7 Å². The number of aliphatic hydroxyl groups is 2. The Hall–Kier alpha value is -3.42. The number of rotatable bonds is 75. The van der Waals surface area contributed by atoms with Gasteiger partial charge in [0.25, 0.3) is 0 Å². The van der Waals surface area contributed by atoms with Gasteiger partial charge in [0.2, 0.25) is 23.6 Å². The summed E-state index contributed by atoms with van der Waals surface area (Å²) in [4.78, 5) is 86.1. The Morgan fingerprint density at radius 2 is 0.457 bits per heavy atom. The van der Waals surface area contributed by atoms with Gasteiger partial charge in [-0.25, -0.2) is 0 Å². The van der Waals surface area contributed by atoms with Crippen molar-refractivity contribution in [2.45, 2.75) is 323 Å². The molecule has 0 saturated heterocycles. The van der Waals surface area contributed by atoms with Gasteiger partial charge in [0.1, 0.15) is 0 Å². The normalized spacial score (nSPS) is 11.6. The molecule has 0 aliphatic carbocycles. The quantitative estimate of drug-likeness (QED) is 0.0246. The highest BCUT2D eigenvalue weighted by atomic mass is 16.5. The Kier molecular flexibility index (Phi) is 69.7. The lowest BCUT2D eigenvalue weighted by Gasteiger charge is -2.27. The van der Waals surface area contributed by atoms with Gasteiger partial charge in [-0.15, -0.1) is 0 Å². The Labute approximate surface area is 576 Å². The zero-order valence-corrected chi connectivity index (χ0v) is 61.6. The molecule has 18 heteroatoms. The van der Waals surface area contributed by atoms with Crippen LogP contribution in [0.3, 0.4) is 0 Å². The second-order valence-corrected chi connectivity index (χ2v) is 26.9. The van der Waals surface area contributed by atoms with Crippen molar-refractivity contribution in [3.8, 4) is 0 Å². The van der Waals surface area contributed by atoms with E-state index in [-0.39, 0.29) is 74.5 Å². The average molecular weight is 1340 g/mol. The first kappa shape index (κ1) is 90.6. The Bertz CT molecular complexity index is 1510. The number of unbranched alkanes of at least 4 members (excludes halogenated alkanes) is 36. The lowest BCUT2D eigenvalue weighted by atomic mass is 10.1. The number of carbonyl (C=O) groups is 6. The van der Waals surface area contributed by atoms with Crippen LogP contribution < -0.4 is 21.3 Å². The highest BCUT2D eigenvalue weighted by Crippen LogP contribution is 2.15. The Balaban J connectivity index is 5.19. The van der Waals surface area contributed by atoms with Crippen LogP contribution in [-0.4, -0.2) is 197 Å². The fourth-order valence-electron chi connectivity index (χ4n) is 11.9. The largest absolute Gasteiger partial charge is 0.466 e. The standard InChI is InChI=1S/C76H150N8O10/c1-5-9-13-17-21-25-29-33-37-41-51-77-71(87)45-55-81(56-46-72(88)78-52-42-38-34-30-26-22-18-14-10-6-2)61-53-79-73(89)47-57-83(65-67-85)63-64-84(66-68-86)58-48-74(90)80-54-62-82(59-49-75(91)93-69-43-39-35-31-27-23-19-15-11-7-3)60-50-76(92)94-70-44-40-36-32-28-24-20-16-12-8-4/h85-86H,5-70H2,1-4H3,(H,77,87)(H,78,88)(H,79,89)(H,80,90). The third-order valence-electron chi connectivity index (χ3n) is 18.2. The van der Waals surface area contributed by atoms with Crippen LogP contribution in [0.15, 0.2) is 0 Å². The molecule has 0 aliphatic rings. The van der Waals surface area contributed by atoms with E-state index in [0.717, 1.165) is 64.2 Å². The molecule has 0 bridgehead atoms. The summed E-state index contributed by atoms with van der Waals surface area (Å²) in [6, 6.07) is 0. The summed E-state index contributed by atoms with van der Waals surface area (Å²) >= 11 is 0. The summed E-state index contributed by atoms with van der Waals surface area (Å²) < 4.78 is 11.2. The van der Waals surface area contributed by atoms with Crippen molar-refractivity contribution in [2.75, 3.05) is 131 Å². The van der Waals surface area contributed by atoms with Gasteiger partial charge in [0.05, 0.1) is 39.3 Å². The topological polar surface area (TPSA) is 222 Å². The molecular weight excluding hydrogens is 1180 g/mol. The van der Waals surface area contributed by atoms with E-state index in [1.54, 1.807) is 0 Å². The van der Waals surface area contributed by atoms with E-state index in [9.17, 15) is 39.0 Å². The lowest BCUT2D eigenvalue weighted by molar-refractivity contribution is -0.144. The summed E-state index contributed by atoms with van der Waals surface area (Å²) in [5.41, 5.74) is 0. The molecule has 0 spiro atoms. The maximum Gasteiger partial charge on any atom is 0.307 e. The highest BCUT2D eigenvalue weighted by molar-refractivity contribution is 5.77. The van der Waals surface area contributed by atoms with Crippen molar-refractivity contribution < 1.29 is 48.5 Å². The number of carbonyl (C=O) groups excluding carboxylic acids is 6. The molecule has 0 aromatic carbocycles. The smallest absolute Gasteiger partial charge is 0.307 e. The molecule has 0 unspecified atom stereocenters. The molecule has 0 aliphatic heterocycles. The third kappa shape index (κ3) is 65.8. The molecule has 0 radical (unpaired) electrons. The number of nitrogens with zero attached hydrogens (tertiary/aromatic N) is 4. The van der Waals surface area contributed by atoms with Crippen LogP contribution in [0.4, 0.5) is 0 Å². The second kappa shape index (κ2) is 72.3. The number of nitrogens with one attached hydrogen (secondary N) is 4. The van der Waals surface area contributed by atoms with E-state index < -0.39 is 0 Å². The van der Waals surface area contributed by atoms with Gasteiger partial charge in [-0.1, -0.05) is 259 Å². The zero-order chi connectivity index (χ0) is 68.7. The van der Waals surface area contributed by atoms with Crippen molar-refractivity contribution in [1.82, 2.24) is 40.9 Å². The predicted octanol–water partition coefficient (Wildman–Crippen LogP) is 13.8. The molecule has 0 aromatic heterocycles. The maximum atomic E-state index is 13.2. The Morgan fingerprint density at radius 1 is 0.245 bits per heavy atom. The summed E-state index contributed by atoms with van der Waals surface area (Å²) in [7, 11) is 0. The number of esters is 2. The fourth-order valence-corrected chi connectivity index (χ4v) is 11.9. The minimum absolute atomic E-state index is 0.00189. The van der Waals surface area contributed by atoms with Crippen LogP contribution in [-0.2, 0) is 38.2 Å².